The molecule has 1 amide bonds. The van der Waals surface area contributed by atoms with Crippen molar-refractivity contribution in [1.29, 1.82) is 0 Å². The molecule has 1 aromatic heterocycles. The summed E-state index contributed by atoms with van der Waals surface area (Å²) in [5.41, 5.74) is 61.7. The monoisotopic (exact) mass is 1600 g/mol. The SMILES string of the molecule is CC1CCCCN1CCCN.CCN(CC)CCCC(C)N.CCN(CC)CCCN.CN(CCCN)c1ccccc1.NCCCN(CCO)CCCO.NCCCN1CCCC1=O.NCCCN1CCOCC1.NCCN(CCO)CCO.NCCN1CCCCC1.NCCN1CCOCC1.NCCc1ccccn1. The largest absolute Gasteiger partial charge is 0.396 e. The number of nitrogens with two attached hydrogens (primary N) is 11. The van der Waals surface area contributed by atoms with Gasteiger partial charge in [0, 0.05) is 167 Å². The van der Waals surface area contributed by atoms with E-state index in [1.165, 1.54) is 83.4 Å². The highest BCUT2D eigenvalue weighted by Crippen LogP contribution is 2.16. The minimum Gasteiger partial charge on any atom is -0.396 e. The lowest BCUT2D eigenvalue weighted by molar-refractivity contribution is -0.127. The van der Waals surface area contributed by atoms with Gasteiger partial charge in [-0.3, -0.25) is 24.5 Å². The molecule has 5 saturated heterocycles. The van der Waals surface area contributed by atoms with Crippen LogP contribution in [0.3, 0.4) is 0 Å². The standard InChI is InChI=1S/C10H16N2.C9H20N2.C9H22N2.C8H20N2O2.C7H14N2O.C7H16N2O.C7H10N2.C7H16N2.C7H18N2.C6H16N2O2.C6H14N2O/c1-12(9-5-8-11)10-6-3-2-4-7-10;1-9-5-2-3-7-11(9)8-4-6-10;1-4-11(5-2)8-6-7-9(3)10;9-3-1-4-10(6-8-12)5-2-7-11;8-4-2-6-9-5-1-3-7(9)10;8-2-1-3-9-4-6-10-7-5-9;8-5-4-7-3-1-2-6-9-7;8-4-7-9-5-2-1-3-6-9;1-3-9(4-2)7-5-6-8;7-1-2-8(3-5-9)4-6-10;7-1-2-8-3-5-9-6-4-8/h2-4,6-7H,5,8-9,11H2,1H3;9H,2-8,10H2,1H3;9H,4-8,10H2,1-3H3;11-12H,1-9H2;1-6,8H2;1-8H2;1-3,6H,4-5,8H2;1-8H2;3-8H2,1-2H3;9-10H,1-7H2;1-7H2. The fourth-order valence-corrected chi connectivity index (χ4v) is 12.3. The number of hydrogen-bond donors (Lipinski definition) is 15. The summed E-state index contributed by atoms with van der Waals surface area (Å²) in [5.74, 6) is 0.299. The first-order chi connectivity index (χ1) is 54.5. The molecule has 0 radical (unpaired) electrons. The fourth-order valence-electron chi connectivity index (χ4n) is 12.3. The van der Waals surface area contributed by atoms with E-state index < -0.39 is 0 Å². The Morgan fingerprint density at radius 2 is 0.902 bits per heavy atom. The van der Waals surface area contributed by atoms with Gasteiger partial charge in [-0.2, -0.15) is 0 Å². The number of aromatic nitrogens is 1. The number of morpholine rings is 2. The van der Waals surface area contributed by atoms with Gasteiger partial charge in [-0.25, -0.2) is 0 Å². The highest BCUT2D eigenvalue weighted by atomic mass is 16.5. The molecule has 1 aromatic carbocycles. The summed E-state index contributed by atoms with van der Waals surface area (Å²) < 4.78 is 10.4. The van der Waals surface area contributed by atoms with Crippen LogP contribution in [0.2, 0.25) is 0 Å². The maximum atomic E-state index is 11.0. The van der Waals surface area contributed by atoms with Crippen LogP contribution in [0.15, 0.2) is 54.7 Å². The average Bonchev–Trinajstić information content (AvgIpc) is 1.58. The maximum absolute atomic E-state index is 11.0. The lowest BCUT2D eigenvalue weighted by atomic mass is 10.0. The van der Waals surface area contributed by atoms with Gasteiger partial charge in [0.25, 0.3) is 0 Å². The molecule has 26 N–H and O–H groups in total. The Labute approximate surface area is 685 Å². The third-order valence-electron chi connectivity index (χ3n) is 19.2. The van der Waals surface area contributed by atoms with E-state index in [4.69, 9.17) is 93.0 Å². The molecule has 0 aliphatic carbocycles. The Kier molecular flexibility index (Phi) is 94.0. The number of anilines is 1. The number of aliphatic hydroxyl groups excluding tert-OH is 4. The Morgan fingerprint density at radius 1 is 0.446 bits per heavy atom. The molecule has 7 rings (SSSR count). The van der Waals surface area contributed by atoms with Crippen LogP contribution < -0.4 is 68.0 Å². The first-order valence-corrected chi connectivity index (χ1v) is 43.6. The number of carbonyl (C=O) groups is 1. The van der Waals surface area contributed by atoms with Crippen LogP contribution >= 0.6 is 0 Å². The van der Waals surface area contributed by atoms with Gasteiger partial charge < -0.3 is 127 Å². The van der Waals surface area contributed by atoms with Crippen LogP contribution in [0, 0.1) is 0 Å². The van der Waals surface area contributed by atoms with Crippen molar-refractivity contribution < 1.29 is 34.7 Å². The van der Waals surface area contributed by atoms with Gasteiger partial charge in [0.05, 0.1) is 46.2 Å². The average molecular weight is 1600 g/mol. The van der Waals surface area contributed by atoms with Gasteiger partial charge in [0.1, 0.15) is 0 Å². The van der Waals surface area contributed by atoms with Crippen molar-refractivity contribution in [3.8, 4) is 0 Å². The number of likely N-dealkylation sites (tertiary alicyclic amines) is 3. The minimum absolute atomic E-state index is 0.125. The van der Waals surface area contributed by atoms with Crippen LogP contribution in [0.25, 0.3) is 0 Å². The number of aliphatic hydroxyl groups is 4. The summed E-state index contributed by atoms with van der Waals surface area (Å²) in [4.78, 5) is 37.7. The maximum Gasteiger partial charge on any atom is 0.222 e. The molecule has 112 heavy (non-hydrogen) atoms. The second-order valence-electron chi connectivity index (χ2n) is 28.6. The Hall–Kier alpha value is -3.36. The van der Waals surface area contributed by atoms with Crippen LogP contribution in [-0.2, 0) is 20.7 Å². The van der Waals surface area contributed by atoms with Gasteiger partial charge >= 0.3 is 0 Å². The molecular formula is C83H182N22O7. The van der Waals surface area contributed by atoms with E-state index in [-0.39, 0.29) is 26.4 Å². The molecule has 29 heteroatoms. The van der Waals surface area contributed by atoms with Crippen molar-refractivity contribution in [1.82, 2.24) is 49.1 Å². The molecule has 5 aliphatic rings. The summed E-state index contributed by atoms with van der Waals surface area (Å²) in [7, 11) is 2.09. The zero-order valence-corrected chi connectivity index (χ0v) is 73.0. The fraction of sp³-hybridized carbons (Fsp3) is 0.855. The first-order valence-electron chi connectivity index (χ1n) is 43.6. The van der Waals surface area contributed by atoms with E-state index in [1.54, 1.807) is 6.20 Å². The van der Waals surface area contributed by atoms with Gasteiger partial charge in [-0.15, -0.1) is 0 Å². The van der Waals surface area contributed by atoms with Crippen molar-refractivity contribution in [3.05, 3.63) is 60.4 Å². The highest BCUT2D eigenvalue weighted by Gasteiger charge is 2.19. The molecule has 5 fully saturated rings. The predicted molar refractivity (Wildman–Crippen MR) is 476 cm³/mol. The van der Waals surface area contributed by atoms with E-state index in [9.17, 15) is 4.79 Å². The Bertz CT molecular complexity index is 2030. The lowest BCUT2D eigenvalue weighted by Crippen LogP contribution is -2.39. The van der Waals surface area contributed by atoms with Crippen LogP contribution in [0.4, 0.5) is 5.69 Å². The number of para-hydroxylation sites is 1. The smallest absolute Gasteiger partial charge is 0.222 e. The Balaban J connectivity index is -0.000000574. The van der Waals surface area contributed by atoms with E-state index in [0.29, 0.717) is 57.8 Å². The van der Waals surface area contributed by atoms with Crippen molar-refractivity contribution in [2.45, 2.75) is 169 Å². The molecule has 0 saturated carbocycles. The molecule has 5 aliphatic heterocycles. The van der Waals surface area contributed by atoms with Gasteiger partial charge in [0.15, 0.2) is 0 Å². The number of hydrogen-bond acceptors (Lipinski definition) is 28. The van der Waals surface area contributed by atoms with Crippen LogP contribution in [-0.4, -0.2) is 383 Å². The number of amides is 1. The summed E-state index contributed by atoms with van der Waals surface area (Å²) in [6.45, 7) is 51.5. The van der Waals surface area contributed by atoms with Crippen molar-refractivity contribution in [2.24, 2.45) is 63.1 Å². The quantitative estimate of drug-likeness (QED) is 0.0451. The van der Waals surface area contributed by atoms with Crippen LogP contribution in [0.5, 0.6) is 0 Å². The topological polar surface area (TPSA) is 448 Å². The zero-order valence-electron chi connectivity index (χ0n) is 73.0. The van der Waals surface area contributed by atoms with Crippen LogP contribution in [0.1, 0.15) is 156 Å². The zero-order chi connectivity index (χ0) is 84.0. The highest BCUT2D eigenvalue weighted by molar-refractivity contribution is 5.78. The number of pyridine rings is 1. The van der Waals surface area contributed by atoms with Crippen molar-refractivity contribution >= 4 is 11.6 Å². The number of benzene rings is 1. The van der Waals surface area contributed by atoms with E-state index in [0.717, 1.165) is 266 Å². The number of rotatable bonds is 44. The minimum atomic E-state index is 0.125. The number of piperidine rings is 2. The van der Waals surface area contributed by atoms with Crippen molar-refractivity contribution in [2.75, 3.05) is 300 Å². The molecule has 2 aromatic rings. The van der Waals surface area contributed by atoms with Gasteiger partial charge in [0.2, 0.25) is 5.91 Å². The van der Waals surface area contributed by atoms with E-state index >= 15 is 0 Å². The molecule has 29 nitrogen and oxygen atoms in total. The number of nitrogens with zero attached hydrogens (tertiary/aromatic N) is 11. The lowest BCUT2D eigenvalue weighted by Gasteiger charge is -2.33. The molecular weight excluding hydrogens is 1420 g/mol. The molecule has 0 bridgehead atoms. The third kappa shape index (κ3) is 76.6. The molecule has 666 valence electrons. The third-order valence-corrected chi connectivity index (χ3v) is 19.2. The molecule has 6 heterocycles. The predicted octanol–water partition coefficient (Wildman–Crippen LogP) is 1.97. The summed E-state index contributed by atoms with van der Waals surface area (Å²) in [6, 6.07) is 17.4. The summed E-state index contributed by atoms with van der Waals surface area (Å²) in [6.07, 6.45) is 22.3. The van der Waals surface area contributed by atoms with E-state index in [1.807, 2.05) is 46.2 Å². The normalized spacial score (nSPS) is 16.0. The van der Waals surface area contributed by atoms with Crippen molar-refractivity contribution in [3.63, 3.8) is 0 Å². The molecule has 2 unspecified atom stereocenters. The second kappa shape index (κ2) is 91.5. The number of ether oxygens (including phenoxy) is 2. The summed E-state index contributed by atoms with van der Waals surface area (Å²) >= 11 is 0. The second-order valence-corrected chi connectivity index (χ2v) is 28.6. The first kappa shape index (κ1) is 115. The Morgan fingerprint density at radius 3 is 1.34 bits per heavy atom. The molecule has 2 atom stereocenters. The van der Waals surface area contributed by atoms with Gasteiger partial charge in [-0.1, -0.05) is 64.8 Å². The molecule has 0 spiro atoms. The van der Waals surface area contributed by atoms with E-state index in [2.05, 4.69) is 105 Å². The van der Waals surface area contributed by atoms with Gasteiger partial charge in [-0.05, 0) is 252 Å². The number of carbonyl (C=O) groups excluding carboxylic acids is 1. The summed E-state index contributed by atoms with van der Waals surface area (Å²) in [5, 5.41) is 34.3.